The van der Waals surface area contributed by atoms with Crippen LogP contribution in [0.1, 0.15) is 5.56 Å². The molecule has 0 saturated heterocycles. The van der Waals surface area contributed by atoms with Gasteiger partial charge in [-0.25, -0.2) is 5.43 Å². The van der Waals surface area contributed by atoms with E-state index in [9.17, 15) is 4.79 Å². The molecule has 1 amide bonds. The molecule has 0 spiro atoms. The van der Waals surface area contributed by atoms with E-state index in [0.717, 1.165) is 16.8 Å². The SMILES string of the molecule is O=C(CSc1nnc(-c2ccccc2)n1-c1ccc(Cl)cc1)N/N=C/C=C/c1ccccc1. The monoisotopic (exact) mass is 473 g/mol. The minimum Gasteiger partial charge on any atom is -0.272 e. The molecule has 6 nitrogen and oxygen atoms in total. The molecule has 1 N–H and O–H groups in total. The molecule has 0 saturated carbocycles. The van der Waals surface area contributed by atoms with Crippen LogP contribution in [0.25, 0.3) is 23.2 Å². The number of carbonyl (C=O) groups excluding carboxylic acids is 1. The first-order valence-corrected chi connectivity index (χ1v) is 11.5. The lowest BCUT2D eigenvalue weighted by Crippen LogP contribution is -2.19. The Hall–Kier alpha value is -3.68. The van der Waals surface area contributed by atoms with Crippen LogP contribution in [0.15, 0.2) is 101 Å². The molecule has 0 radical (unpaired) electrons. The number of amides is 1. The maximum absolute atomic E-state index is 12.3. The average Bonchev–Trinajstić information content (AvgIpc) is 3.28. The Balaban J connectivity index is 1.44. The molecular weight excluding hydrogens is 454 g/mol. The number of nitrogens with zero attached hydrogens (tertiary/aromatic N) is 4. The third-order valence-electron chi connectivity index (χ3n) is 4.52. The molecule has 1 heterocycles. The van der Waals surface area contributed by atoms with Crippen molar-refractivity contribution in [3.05, 3.63) is 102 Å². The summed E-state index contributed by atoms with van der Waals surface area (Å²) in [6, 6.07) is 27.0. The highest BCUT2D eigenvalue weighted by Crippen LogP contribution is 2.28. The molecule has 33 heavy (non-hydrogen) atoms. The van der Waals surface area contributed by atoms with E-state index in [1.807, 2.05) is 95.6 Å². The lowest BCUT2D eigenvalue weighted by Gasteiger charge is -2.10. The van der Waals surface area contributed by atoms with Gasteiger partial charge in [0.25, 0.3) is 5.91 Å². The largest absolute Gasteiger partial charge is 0.272 e. The van der Waals surface area contributed by atoms with Crippen LogP contribution in [0.4, 0.5) is 0 Å². The first kappa shape index (κ1) is 22.5. The number of benzene rings is 3. The summed E-state index contributed by atoms with van der Waals surface area (Å²) in [5, 5.41) is 13.9. The van der Waals surface area contributed by atoms with E-state index < -0.39 is 0 Å². The standard InChI is InChI=1S/C25H20ClN5OS/c26-21-13-15-22(16-14-21)31-24(20-11-5-2-6-12-20)29-30-25(31)33-18-23(32)28-27-17-7-10-19-8-3-1-4-9-19/h1-17H,18H2,(H,28,32)/b10-7+,27-17+. The van der Waals surface area contributed by atoms with Crippen molar-refractivity contribution in [3.8, 4) is 17.1 Å². The quantitative estimate of drug-likeness (QED) is 0.208. The molecule has 4 aromatic rings. The van der Waals surface area contributed by atoms with Crippen molar-refractivity contribution in [3.63, 3.8) is 0 Å². The van der Waals surface area contributed by atoms with Crippen LogP contribution >= 0.6 is 23.4 Å². The minimum atomic E-state index is -0.240. The number of carbonyl (C=O) groups is 1. The van der Waals surface area contributed by atoms with Crippen LogP contribution in [0, 0.1) is 0 Å². The van der Waals surface area contributed by atoms with E-state index in [0.29, 0.717) is 16.0 Å². The first-order valence-electron chi connectivity index (χ1n) is 10.1. The number of hydrazone groups is 1. The second-order valence-corrected chi connectivity index (χ2v) is 8.23. The number of thioether (sulfide) groups is 1. The molecule has 0 unspecified atom stereocenters. The van der Waals surface area contributed by atoms with E-state index in [2.05, 4.69) is 20.7 Å². The van der Waals surface area contributed by atoms with Gasteiger partial charge in [-0.2, -0.15) is 5.10 Å². The average molecular weight is 474 g/mol. The summed E-state index contributed by atoms with van der Waals surface area (Å²) in [5.74, 6) is 0.585. The fraction of sp³-hybridized carbons (Fsp3) is 0.0400. The van der Waals surface area contributed by atoms with E-state index >= 15 is 0 Å². The van der Waals surface area contributed by atoms with E-state index in [-0.39, 0.29) is 11.7 Å². The zero-order chi connectivity index (χ0) is 22.9. The van der Waals surface area contributed by atoms with Crippen molar-refractivity contribution in [2.45, 2.75) is 5.16 Å². The van der Waals surface area contributed by atoms with Crippen molar-refractivity contribution in [2.24, 2.45) is 5.10 Å². The van der Waals surface area contributed by atoms with Crippen molar-refractivity contribution in [1.29, 1.82) is 0 Å². The molecular formula is C25H20ClN5OS. The van der Waals surface area contributed by atoms with Crippen LogP contribution in [-0.2, 0) is 4.79 Å². The van der Waals surface area contributed by atoms with Crippen molar-refractivity contribution < 1.29 is 4.79 Å². The van der Waals surface area contributed by atoms with E-state index in [4.69, 9.17) is 11.6 Å². The Morgan fingerprint density at radius 2 is 1.67 bits per heavy atom. The topological polar surface area (TPSA) is 72.2 Å². The molecule has 4 rings (SSSR count). The van der Waals surface area contributed by atoms with Crippen molar-refractivity contribution in [1.82, 2.24) is 20.2 Å². The summed E-state index contributed by atoms with van der Waals surface area (Å²) in [4.78, 5) is 12.3. The molecule has 0 fully saturated rings. The number of hydrogen-bond acceptors (Lipinski definition) is 5. The van der Waals surface area contributed by atoms with Gasteiger partial charge in [-0.1, -0.05) is 90.1 Å². The highest BCUT2D eigenvalue weighted by molar-refractivity contribution is 7.99. The Labute approximate surface area is 201 Å². The number of hydrogen-bond donors (Lipinski definition) is 1. The number of nitrogens with one attached hydrogen (secondary N) is 1. The minimum absolute atomic E-state index is 0.139. The summed E-state index contributed by atoms with van der Waals surface area (Å²) >= 11 is 7.34. The molecule has 8 heteroatoms. The Morgan fingerprint density at radius 1 is 0.970 bits per heavy atom. The lowest BCUT2D eigenvalue weighted by molar-refractivity contribution is -0.118. The highest BCUT2D eigenvalue weighted by atomic mass is 35.5. The summed E-state index contributed by atoms with van der Waals surface area (Å²) < 4.78 is 1.91. The van der Waals surface area contributed by atoms with Crippen LogP contribution in [0.2, 0.25) is 5.02 Å². The zero-order valence-electron chi connectivity index (χ0n) is 17.5. The van der Waals surface area contributed by atoms with Gasteiger partial charge in [-0.05, 0) is 35.9 Å². The Bertz CT molecular complexity index is 1260. The van der Waals surface area contributed by atoms with E-state index in [1.54, 1.807) is 12.3 Å². The van der Waals surface area contributed by atoms with Gasteiger partial charge < -0.3 is 0 Å². The predicted molar refractivity (Wildman–Crippen MR) is 135 cm³/mol. The molecule has 164 valence electrons. The van der Waals surface area contributed by atoms with Gasteiger partial charge in [-0.15, -0.1) is 10.2 Å². The normalized spacial score (nSPS) is 11.3. The van der Waals surface area contributed by atoms with Crippen LogP contribution in [0.5, 0.6) is 0 Å². The summed E-state index contributed by atoms with van der Waals surface area (Å²) in [6.45, 7) is 0. The molecule has 0 bridgehead atoms. The molecule has 1 aromatic heterocycles. The predicted octanol–water partition coefficient (Wildman–Crippen LogP) is 5.50. The van der Waals surface area contributed by atoms with Gasteiger partial charge >= 0.3 is 0 Å². The van der Waals surface area contributed by atoms with Gasteiger partial charge in [0.05, 0.1) is 5.75 Å². The summed E-state index contributed by atoms with van der Waals surface area (Å²) in [5.41, 5.74) is 5.36. The first-order chi connectivity index (χ1) is 16.2. The number of allylic oxidation sites excluding steroid dienone is 1. The Kier molecular flexibility index (Phi) is 7.68. The maximum Gasteiger partial charge on any atom is 0.250 e. The highest BCUT2D eigenvalue weighted by Gasteiger charge is 2.17. The van der Waals surface area contributed by atoms with E-state index in [1.165, 1.54) is 11.8 Å². The fourth-order valence-corrected chi connectivity index (χ4v) is 3.86. The zero-order valence-corrected chi connectivity index (χ0v) is 19.1. The third kappa shape index (κ3) is 6.19. The van der Waals surface area contributed by atoms with Gasteiger partial charge in [0.2, 0.25) is 0 Å². The van der Waals surface area contributed by atoms with Crippen LogP contribution in [0.3, 0.4) is 0 Å². The van der Waals surface area contributed by atoms with Crippen LogP contribution < -0.4 is 5.43 Å². The smallest absolute Gasteiger partial charge is 0.250 e. The van der Waals surface area contributed by atoms with Crippen molar-refractivity contribution in [2.75, 3.05) is 5.75 Å². The van der Waals surface area contributed by atoms with Gasteiger partial charge in [-0.3, -0.25) is 9.36 Å². The second-order valence-electron chi connectivity index (χ2n) is 6.86. The molecule has 0 aliphatic carbocycles. The number of aromatic nitrogens is 3. The lowest BCUT2D eigenvalue weighted by atomic mass is 10.2. The Morgan fingerprint density at radius 3 is 2.39 bits per heavy atom. The molecule has 0 aliphatic heterocycles. The number of halogens is 1. The summed E-state index contributed by atoms with van der Waals surface area (Å²) in [7, 11) is 0. The van der Waals surface area contributed by atoms with Gasteiger partial charge in [0.15, 0.2) is 11.0 Å². The third-order valence-corrected chi connectivity index (χ3v) is 5.70. The molecule has 0 aliphatic rings. The second kappa shape index (κ2) is 11.3. The molecule has 3 aromatic carbocycles. The number of rotatable bonds is 8. The molecule has 0 atom stereocenters. The van der Waals surface area contributed by atoms with Crippen LogP contribution in [-0.4, -0.2) is 32.6 Å². The van der Waals surface area contributed by atoms with Gasteiger partial charge in [0.1, 0.15) is 0 Å². The van der Waals surface area contributed by atoms with Crippen molar-refractivity contribution >= 4 is 41.6 Å². The summed E-state index contributed by atoms with van der Waals surface area (Å²) in [6.07, 6.45) is 5.22. The van der Waals surface area contributed by atoms with Gasteiger partial charge in [0, 0.05) is 22.5 Å². The maximum atomic E-state index is 12.3. The fourth-order valence-electron chi connectivity index (χ4n) is 2.99.